The van der Waals surface area contributed by atoms with Gasteiger partial charge in [-0.3, -0.25) is 9.59 Å². The first-order valence-corrected chi connectivity index (χ1v) is 8.27. The standard InChI is InChI=1S/C17H23ClN2O3/c1-11(21)19-13-7-8-15(18)14(9-13)17(23)20(2)10-12-5-3-4-6-16(12)22/h7-9,12,16,22H,3-6,10H2,1-2H3,(H,19,21). The van der Waals surface area contributed by atoms with Crippen LogP contribution < -0.4 is 5.32 Å². The quantitative estimate of drug-likeness (QED) is 0.886. The zero-order valence-electron chi connectivity index (χ0n) is 13.5. The Balaban J connectivity index is 2.10. The van der Waals surface area contributed by atoms with Crippen molar-refractivity contribution in [3.05, 3.63) is 28.8 Å². The Bertz CT molecular complexity index is 591. The molecule has 1 fully saturated rings. The fourth-order valence-corrected chi connectivity index (χ4v) is 3.21. The summed E-state index contributed by atoms with van der Waals surface area (Å²) in [5.74, 6) is -0.306. The highest BCUT2D eigenvalue weighted by Crippen LogP contribution is 2.26. The minimum atomic E-state index is -0.347. The van der Waals surface area contributed by atoms with E-state index in [1.165, 1.54) is 6.92 Å². The number of carbonyl (C=O) groups excluding carboxylic acids is 2. The van der Waals surface area contributed by atoms with Crippen LogP contribution in [-0.2, 0) is 4.79 Å². The van der Waals surface area contributed by atoms with Gasteiger partial charge >= 0.3 is 0 Å². The summed E-state index contributed by atoms with van der Waals surface area (Å²) in [4.78, 5) is 25.4. The Morgan fingerprint density at radius 2 is 2.04 bits per heavy atom. The largest absolute Gasteiger partial charge is 0.393 e. The topological polar surface area (TPSA) is 69.6 Å². The second kappa shape index (κ2) is 7.79. The van der Waals surface area contributed by atoms with Gasteiger partial charge in [0.25, 0.3) is 5.91 Å². The van der Waals surface area contributed by atoms with Crippen LogP contribution in [0.4, 0.5) is 5.69 Å². The van der Waals surface area contributed by atoms with Gasteiger partial charge < -0.3 is 15.3 Å². The molecule has 0 aliphatic heterocycles. The molecule has 2 amide bonds. The normalized spacial score (nSPS) is 20.9. The molecule has 0 heterocycles. The minimum Gasteiger partial charge on any atom is -0.393 e. The summed E-state index contributed by atoms with van der Waals surface area (Å²) in [5, 5.41) is 13.1. The van der Waals surface area contributed by atoms with E-state index >= 15 is 0 Å². The van der Waals surface area contributed by atoms with Crippen LogP contribution in [-0.4, -0.2) is 41.5 Å². The molecule has 2 N–H and O–H groups in total. The molecule has 1 aliphatic carbocycles. The maximum atomic E-state index is 12.6. The van der Waals surface area contributed by atoms with Crippen LogP contribution in [0.25, 0.3) is 0 Å². The summed E-state index contributed by atoms with van der Waals surface area (Å²) in [6.45, 7) is 1.91. The molecular formula is C17H23ClN2O3. The van der Waals surface area contributed by atoms with E-state index < -0.39 is 0 Å². The number of anilines is 1. The van der Waals surface area contributed by atoms with E-state index in [9.17, 15) is 14.7 Å². The van der Waals surface area contributed by atoms with Gasteiger partial charge in [-0.25, -0.2) is 0 Å². The van der Waals surface area contributed by atoms with Crippen molar-refractivity contribution in [3.63, 3.8) is 0 Å². The zero-order chi connectivity index (χ0) is 17.0. The van der Waals surface area contributed by atoms with Crippen LogP contribution in [0.2, 0.25) is 5.02 Å². The molecule has 0 radical (unpaired) electrons. The Morgan fingerprint density at radius 3 is 2.70 bits per heavy atom. The minimum absolute atomic E-state index is 0.106. The third-order valence-electron chi connectivity index (χ3n) is 4.24. The summed E-state index contributed by atoms with van der Waals surface area (Å²) in [5.41, 5.74) is 0.891. The first-order valence-electron chi connectivity index (χ1n) is 7.89. The van der Waals surface area contributed by atoms with Crippen LogP contribution in [0, 0.1) is 5.92 Å². The molecule has 1 aromatic rings. The first kappa shape index (κ1) is 17.8. The lowest BCUT2D eigenvalue weighted by molar-refractivity contribution is -0.114. The van der Waals surface area contributed by atoms with Crippen molar-refractivity contribution in [2.24, 2.45) is 5.92 Å². The molecule has 0 saturated heterocycles. The highest BCUT2D eigenvalue weighted by atomic mass is 35.5. The maximum Gasteiger partial charge on any atom is 0.255 e. The van der Waals surface area contributed by atoms with E-state index in [4.69, 9.17) is 11.6 Å². The molecule has 1 aromatic carbocycles. The van der Waals surface area contributed by atoms with Crippen LogP contribution >= 0.6 is 11.6 Å². The van der Waals surface area contributed by atoms with Crippen molar-refractivity contribution in [2.75, 3.05) is 18.9 Å². The number of hydrogen-bond donors (Lipinski definition) is 2. The van der Waals surface area contributed by atoms with Crippen molar-refractivity contribution in [2.45, 2.75) is 38.7 Å². The summed E-state index contributed by atoms with van der Waals surface area (Å²) in [6.07, 6.45) is 3.51. The Morgan fingerprint density at radius 1 is 1.35 bits per heavy atom. The number of rotatable bonds is 4. The number of aliphatic hydroxyl groups is 1. The average molecular weight is 339 g/mol. The number of nitrogens with one attached hydrogen (secondary N) is 1. The number of nitrogens with zero attached hydrogens (tertiary/aromatic N) is 1. The number of amides is 2. The third kappa shape index (κ3) is 4.69. The molecule has 6 heteroatoms. The maximum absolute atomic E-state index is 12.6. The zero-order valence-corrected chi connectivity index (χ0v) is 14.3. The van der Waals surface area contributed by atoms with Crippen LogP contribution in [0.15, 0.2) is 18.2 Å². The van der Waals surface area contributed by atoms with Crippen LogP contribution in [0.1, 0.15) is 43.0 Å². The van der Waals surface area contributed by atoms with E-state index in [1.54, 1.807) is 30.1 Å². The second-order valence-electron chi connectivity index (χ2n) is 6.17. The molecule has 0 aromatic heterocycles. The van der Waals surface area contributed by atoms with E-state index in [-0.39, 0.29) is 23.8 Å². The smallest absolute Gasteiger partial charge is 0.255 e. The van der Waals surface area contributed by atoms with Crippen molar-refractivity contribution in [1.29, 1.82) is 0 Å². The number of hydrogen-bond acceptors (Lipinski definition) is 3. The highest BCUT2D eigenvalue weighted by Gasteiger charge is 2.26. The molecule has 1 aliphatic rings. The molecule has 2 rings (SSSR count). The van der Waals surface area contributed by atoms with E-state index in [2.05, 4.69) is 5.32 Å². The molecule has 126 valence electrons. The first-order chi connectivity index (χ1) is 10.9. The van der Waals surface area contributed by atoms with Gasteiger partial charge in [0.15, 0.2) is 0 Å². The Labute approximate surface area is 141 Å². The summed E-state index contributed by atoms with van der Waals surface area (Å²) < 4.78 is 0. The van der Waals surface area contributed by atoms with E-state index in [0.717, 1.165) is 25.7 Å². The van der Waals surface area contributed by atoms with Crippen LogP contribution in [0.3, 0.4) is 0 Å². The summed E-state index contributed by atoms with van der Waals surface area (Å²) in [7, 11) is 1.71. The average Bonchev–Trinajstić information content (AvgIpc) is 2.50. The number of aliphatic hydroxyl groups excluding tert-OH is 1. The van der Waals surface area contributed by atoms with Crippen molar-refractivity contribution in [3.8, 4) is 0 Å². The van der Waals surface area contributed by atoms with Crippen molar-refractivity contribution in [1.82, 2.24) is 4.90 Å². The number of benzene rings is 1. The Hall–Kier alpha value is -1.59. The lowest BCUT2D eigenvalue weighted by Gasteiger charge is -2.31. The predicted molar refractivity (Wildman–Crippen MR) is 90.7 cm³/mol. The van der Waals surface area contributed by atoms with Gasteiger partial charge in [-0.2, -0.15) is 0 Å². The van der Waals surface area contributed by atoms with Gasteiger partial charge in [0.05, 0.1) is 16.7 Å². The molecule has 0 bridgehead atoms. The summed E-state index contributed by atoms with van der Waals surface area (Å²) >= 11 is 6.13. The lowest BCUT2D eigenvalue weighted by atomic mass is 9.86. The molecule has 2 atom stereocenters. The molecule has 5 nitrogen and oxygen atoms in total. The fraction of sp³-hybridized carbons (Fsp3) is 0.529. The van der Waals surface area contributed by atoms with Gasteiger partial charge in [0, 0.05) is 32.1 Å². The highest BCUT2D eigenvalue weighted by molar-refractivity contribution is 6.34. The van der Waals surface area contributed by atoms with Gasteiger partial charge in [0.1, 0.15) is 0 Å². The van der Waals surface area contributed by atoms with E-state index in [0.29, 0.717) is 22.8 Å². The number of halogens is 1. The molecule has 1 saturated carbocycles. The molecule has 0 spiro atoms. The van der Waals surface area contributed by atoms with Gasteiger partial charge in [0.2, 0.25) is 5.91 Å². The number of carbonyl (C=O) groups is 2. The van der Waals surface area contributed by atoms with Gasteiger partial charge in [-0.1, -0.05) is 24.4 Å². The molecule has 2 unspecified atom stereocenters. The second-order valence-corrected chi connectivity index (χ2v) is 6.58. The SMILES string of the molecule is CC(=O)Nc1ccc(Cl)c(C(=O)N(C)CC2CCCCC2O)c1. The van der Waals surface area contributed by atoms with Gasteiger partial charge in [-0.15, -0.1) is 0 Å². The Kier molecular flexibility index (Phi) is 6.02. The third-order valence-corrected chi connectivity index (χ3v) is 4.57. The van der Waals surface area contributed by atoms with Gasteiger partial charge in [-0.05, 0) is 31.0 Å². The van der Waals surface area contributed by atoms with Crippen LogP contribution in [0.5, 0.6) is 0 Å². The predicted octanol–water partition coefficient (Wildman–Crippen LogP) is 2.92. The summed E-state index contributed by atoms with van der Waals surface area (Å²) in [6, 6.07) is 4.84. The molecule has 23 heavy (non-hydrogen) atoms. The van der Waals surface area contributed by atoms with Crippen molar-refractivity contribution < 1.29 is 14.7 Å². The molecular weight excluding hydrogens is 316 g/mol. The lowest BCUT2D eigenvalue weighted by Crippen LogP contribution is -2.38. The monoisotopic (exact) mass is 338 g/mol. The van der Waals surface area contributed by atoms with E-state index in [1.807, 2.05) is 0 Å². The van der Waals surface area contributed by atoms with Crippen molar-refractivity contribution >= 4 is 29.1 Å². The fourth-order valence-electron chi connectivity index (χ4n) is 3.01.